The second kappa shape index (κ2) is 9.99. The van der Waals surface area contributed by atoms with Gasteiger partial charge in [0.2, 0.25) is 0 Å². The largest absolute Gasteiger partial charge is 0.357 e. The molecule has 0 bridgehead atoms. The van der Waals surface area contributed by atoms with E-state index in [-0.39, 0.29) is 0 Å². The molecule has 0 heterocycles. The SMILES string of the molecule is CCNC(=NCc1ccc(C)cc1C)NCCS(=O)c1ccccc1. The third-order valence-electron chi connectivity index (χ3n) is 3.84. The molecular weight excluding hydrogens is 330 g/mol. The second-order valence-electron chi connectivity index (χ2n) is 5.91. The number of benzene rings is 2. The molecular formula is C20H27N3OS. The summed E-state index contributed by atoms with van der Waals surface area (Å²) in [5.74, 6) is 1.31. The van der Waals surface area contributed by atoms with E-state index in [1.54, 1.807) is 0 Å². The van der Waals surface area contributed by atoms with Gasteiger partial charge < -0.3 is 10.6 Å². The number of nitrogens with zero attached hydrogens (tertiary/aromatic N) is 1. The monoisotopic (exact) mass is 357 g/mol. The summed E-state index contributed by atoms with van der Waals surface area (Å²) in [6.45, 7) is 8.28. The Balaban J connectivity index is 1.90. The molecule has 134 valence electrons. The van der Waals surface area contributed by atoms with Crippen LogP contribution in [0.3, 0.4) is 0 Å². The highest BCUT2D eigenvalue weighted by Gasteiger charge is 2.04. The molecule has 0 aliphatic rings. The first-order chi connectivity index (χ1) is 12.1. The van der Waals surface area contributed by atoms with E-state index >= 15 is 0 Å². The molecule has 1 atom stereocenters. The second-order valence-corrected chi connectivity index (χ2v) is 7.49. The number of hydrogen-bond donors (Lipinski definition) is 2. The molecule has 0 aliphatic heterocycles. The van der Waals surface area contributed by atoms with Crippen molar-refractivity contribution in [1.82, 2.24) is 10.6 Å². The fourth-order valence-electron chi connectivity index (χ4n) is 2.48. The third-order valence-corrected chi connectivity index (χ3v) is 5.21. The molecule has 0 amide bonds. The molecule has 2 rings (SSSR count). The van der Waals surface area contributed by atoms with Crippen LogP contribution in [-0.4, -0.2) is 29.0 Å². The van der Waals surface area contributed by atoms with Gasteiger partial charge in [-0.15, -0.1) is 0 Å². The average Bonchev–Trinajstić information content (AvgIpc) is 2.61. The summed E-state index contributed by atoms with van der Waals surface area (Å²) in [4.78, 5) is 5.50. The standard InChI is InChI=1S/C20H27N3OS/c1-4-21-20(23-15-18-11-10-16(2)14-17(18)3)22-12-13-25(24)19-8-6-5-7-9-19/h5-11,14H,4,12-13,15H2,1-3H3,(H2,21,22,23). The Morgan fingerprint density at radius 1 is 1.08 bits per heavy atom. The predicted octanol–water partition coefficient (Wildman–Crippen LogP) is 3.17. The van der Waals surface area contributed by atoms with Crippen LogP contribution < -0.4 is 10.6 Å². The quantitative estimate of drug-likeness (QED) is 0.591. The van der Waals surface area contributed by atoms with Gasteiger partial charge in [-0.3, -0.25) is 4.21 Å². The minimum atomic E-state index is -0.995. The maximum absolute atomic E-state index is 12.3. The van der Waals surface area contributed by atoms with Crippen molar-refractivity contribution in [3.8, 4) is 0 Å². The lowest BCUT2D eigenvalue weighted by Crippen LogP contribution is -2.39. The highest BCUT2D eigenvalue weighted by Crippen LogP contribution is 2.11. The van der Waals surface area contributed by atoms with Crippen LogP contribution in [0.2, 0.25) is 0 Å². The summed E-state index contributed by atoms with van der Waals surface area (Å²) in [6, 6.07) is 16.0. The van der Waals surface area contributed by atoms with Gasteiger partial charge in [0.15, 0.2) is 5.96 Å². The molecule has 5 heteroatoms. The maximum atomic E-state index is 12.3. The van der Waals surface area contributed by atoms with E-state index in [9.17, 15) is 4.21 Å². The zero-order chi connectivity index (χ0) is 18.1. The maximum Gasteiger partial charge on any atom is 0.191 e. The van der Waals surface area contributed by atoms with Crippen molar-refractivity contribution in [3.63, 3.8) is 0 Å². The van der Waals surface area contributed by atoms with E-state index in [0.29, 0.717) is 18.8 Å². The fourth-order valence-corrected chi connectivity index (χ4v) is 3.47. The van der Waals surface area contributed by atoms with Crippen LogP contribution >= 0.6 is 0 Å². The van der Waals surface area contributed by atoms with Gasteiger partial charge in [-0.25, -0.2) is 4.99 Å². The minimum absolute atomic E-state index is 0.554. The zero-order valence-corrected chi connectivity index (χ0v) is 16.0. The first-order valence-electron chi connectivity index (χ1n) is 8.62. The number of nitrogens with one attached hydrogen (secondary N) is 2. The zero-order valence-electron chi connectivity index (χ0n) is 15.2. The summed E-state index contributed by atoms with van der Waals surface area (Å²) >= 11 is 0. The average molecular weight is 358 g/mol. The highest BCUT2D eigenvalue weighted by atomic mass is 32.2. The third kappa shape index (κ3) is 6.35. The van der Waals surface area contributed by atoms with E-state index in [4.69, 9.17) is 0 Å². The van der Waals surface area contributed by atoms with Crippen molar-refractivity contribution in [2.75, 3.05) is 18.8 Å². The van der Waals surface area contributed by atoms with Gasteiger partial charge in [0.05, 0.1) is 17.3 Å². The molecule has 25 heavy (non-hydrogen) atoms. The van der Waals surface area contributed by atoms with Crippen molar-refractivity contribution in [1.29, 1.82) is 0 Å². The smallest absolute Gasteiger partial charge is 0.191 e. The van der Waals surface area contributed by atoms with Crippen molar-refractivity contribution < 1.29 is 4.21 Å². The molecule has 1 unspecified atom stereocenters. The van der Waals surface area contributed by atoms with Gasteiger partial charge >= 0.3 is 0 Å². The van der Waals surface area contributed by atoms with E-state index < -0.39 is 10.8 Å². The van der Waals surface area contributed by atoms with Crippen molar-refractivity contribution in [3.05, 3.63) is 65.2 Å². The Morgan fingerprint density at radius 3 is 2.52 bits per heavy atom. The lowest BCUT2D eigenvalue weighted by Gasteiger charge is -2.12. The van der Waals surface area contributed by atoms with Gasteiger partial charge in [0, 0.05) is 23.7 Å². The molecule has 4 nitrogen and oxygen atoms in total. The number of aliphatic imine (C=N–C) groups is 1. The van der Waals surface area contributed by atoms with Gasteiger partial charge in [0.1, 0.15) is 0 Å². The van der Waals surface area contributed by atoms with E-state index in [1.807, 2.05) is 37.3 Å². The molecule has 0 saturated carbocycles. The van der Waals surface area contributed by atoms with Crippen molar-refractivity contribution in [2.45, 2.75) is 32.2 Å². The van der Waals surface area contributed by atoms with Crippen LogP contribution in [-0.2, 0) is 17.3 Å². The van der Waals surface area contributed by atoms with Gasteiger partial charge in [-0.2, -0.15) is 0 Å². The Kier molecular flexibility index (Phi) is 7.67. The molecule has 0 fully saturated rings. The molecule has 0 radical (unpaired) electrons. The van der Waals surface area contributed by atoms with Crippen LogP contribution in [0.4, 0.5) is 0 Å². The summed E-state index contributed by atoms with van der Waals surface area (Å²) in [5, 5.41) is 6.51. The summed E-state index contributed by atoms with van der Waals surface area (Å²) < 4.78 is 12.3. The lowest BCUT2D eigenvalue weighted by atomic mass is 10.1. The molecule has 0 spiro atoms. The van der Waals surface area contributed by atoms with Crippen LogP contribution in [0.1, 0.15) is 23.6 Å². The van der Waals surface area contributed by atoms with Crippen molar-refractivity contribution in [2.24, 2.45) is 4.99 Å². The molecule has 0 aromatic heterocycles. The van der Waals surface area contributed by atoms with E-state index in [1.165, 1.54) is 16.7 Å². The highest BCUT2D eigenvalue weighted by molar-refractivity contribution is 7.85. The number of aryl methyl sites for hydroxylation is 2. The van der Waals surface area contributed by atoms with Crippen LogP contribution in [0.5, 0.6) is 0 Å². The first-order valence-corrected chi connectivity index (χ1v) is 9.93. The van der Waals surface area contributed by atoms with Crippen LogP contribution in [0.25, 0.3) is 0 Å². The number of hydrogen-bond acceptors (Lipinski definition) is 2. The Bertz CT molecular complexity index is 729. The molecule has 2 N–H and O–H groups in total. The summed E-state index contributed by atoms with van der Waals surface area (Å²) in [6.07, 6.45) is 0. The Morgan fingerprint density at radius 2 is 1.84 bits per heavy atom. The van der Waals surface area contributed by atoms with Crippen LogP contribution in [0, 0.1) is 13.8 Å². The Labute approximate surface area is 153 Å². The molecule has 0 aliphatic carbocycles. The van der Waals surface area contributed by atoms with Crippen molar-refractivity contribution >= 4 is 16.8 Å². The first kappa shape index (κ1) is 19.2. The minimum Gasteiger partial charge on any atom is -0.357 e. The summed E-state index contributed by atoms with van der Waals surface area (Å²) in [7, 11) is -0.995. The van der Waals surface area contributed by atoms with Gasteiger partial charge in [0.25, 0.3) is 0 Å². The summed E-state index contributed by atoms with van der Waals surface area (Å²) in [5.41, 5.74) is 3.74. The van der Waals surface area contributed by atoms with Gasteiger partial charge in [-0.05, 0) is 44.0 Å². The fraction of sp³-hybridized carbons (Fsp3) is 0.350. The topological polar surface area (TPSA) is 53.5 Å². The Hall–Kier alpha value is -2.14. The molecule has 2 aromatic carbocycles. The van der Waals surface area contributed by atoms with Crippen LogP contribution in [0.15, 0.2) is 58.4 Å². The van der Waals surface area contributed by atoms with E-state index in [2.05, 4.69) is 47.7 Å². The number of rotatable bonds is 7. The number of guanidine groups is 1. The van der Waals surface area contributed by atoms with E-state index in [0.717, 1.165) is 17.4 Å². The lowest BCUT2D eigenvalue weighted by molar-refractivity contribution is 0.681. The predicted molar refractivity (Wildman–Crippen MR) is 106 cm³/mol. The normalized spacial score (nSPS) is 12.7. The van der Waals surface area contributed by atoms with Gasteiger partial charge in [-0.1, -0.05) is 42.0 Å². The molecule has 0 saturated heterocycles. The molecule has 2 aromatic rings.